The molecule has 25 heavy (non-hydrogen) atoms. The molecular weight excluding hydrogens is 310 g/mol. The number of hydrogen-bond acceptors (Lipinski definition) is 2. The molecule has 4 nitrogen and oxygen atoms in total. The average molecular weight is 333 g/mol. The Morgan fingerprint density at radius 1 is 1.16 bits per heavy atom. The van der Waals surface area contributed by atoms with Crippen LogP contribution in [0.15, 0.2) is 53.6 Å². The van der Waals surface area contributed by atoms with E-state index in [0.29, 0.717) is 6.42 Å². The minimum absolute atomic E-state index is 0.114. The van der Waals surface area contributed by atoms with E-state index >= 15 is 0 Å². The van der Waals surface area contributed by atoms with E-state index in [1.54, 1.807) is 6.21 Å². The smallest absolute Gasteiger partial charge is 0.244 e. The molecule has 128 valence electrons. The highest BCUT2D eigenvalue weighted by Gasteiger charge is 2.07. The molecule has 2 aromatic carbocycles. The van der Waals surface area contributed by atoms with E-state index in [9.17, 15) is 4.79 Å². The lowest BCUT2D eigenvalue weighted by Gasteiger charge is -2.05. The second-order valence-corrected chi connectivity index (χ2v) is 6.18. The van der Waals surface area contributed by atoms with Gasteiger partial charge < -0.3 is 4.57 Å². The summed E-state index contributed by atoms with van der Waals surface area (Å²) in [6.45, 7) is 7.19. The molecule has 1 amide bonds. The van der Waals surface area contributed by atoms with Crippen LogP contribution in [-0.4, -0.2) is 16.7 Å². The van der Waals surface area contributed by atoms with Crippen molar-refractivity contribution in [1.82, 2.24) is 9.99 Å². The monoisotopic (exact) mass is 333 g/mol. The number of nitrogens with zero attached hydrogens (tertiary/aromatic N) is 2. The first-order valence-corrected chi connectivity index (χ1v) is 8.55. The van der Waals surface area contributed by atoms with Crippen LogP contribution in [0.1, 0.15) is 29.4 Å². The molecule has 0 unspecified atom stereocenters. The van der Waals surface area contributed by atoms with Gasteiger partial charge in [-0.15, -0.1) is 0 Å². The number of amides is 1. The molecule has 0 radical (unpaired) electrons. The van der Waals surface area contributed by atoms with Crippen molar-refractivity contribution in [2.45, 2.75) is 33.7 Å². The molecule has 0 saturated heterocycles. The Labute approximate surface area is 148 Å². The van der Waals surface area contributed by atoms with Crippen molar-refractivity contribution in [3.05, 3.63) is 71.0 Å². The summed E-state index contributed by atoms with van der Waals surface area (Å²) in [6, 6.07) is 16.2. The highest BCUT2D eigenvalue weighted by Crippen LogP contribution is 2.18. The van der Waals surface area contributed by atoms with E-state index in [4.69, 9.17) is 0 Å². The number of aryl methyl sites for hydroxylation is 1. The fraction of sp³-hybridized carbons (Fsp3) is 0.238. The van der Waals surface area contributed by atoms with E-state index in [1.807, 2.05) is 30.3 Å². The topological polar surface area (TPSA) is 46.4 Å². The molecular formula is C21H23N3O. The molecule has 1 heterocycles. The van der Waals surface area contributed by atoms with Crippen LogP contribution in [0.4, 0.5) is 0 Å². The molecule has 4 heteroatoms. The normalized spacial score (nSPS) is 11.3. The first-order chi connectivity index (χ1) is 12.1. The third-order valence-corrected chi connectivity index (χ3v) is 4.55. The van der Waals surface area contributed by atoms with Crippen LogP contribution in [0, 0.1) is 13.8 Å². The standard InChI is InChI=1S/C21H23N3O/c1-4-24-15(2)12-19(16(24)3)14-22-23-21(25)13-18-10-7-9-17-8-5-6-11-20(17)18/h5-12,14H,4,13H2,1-3H3,(H,23,25)/b22-14-. The van der Waals surface area contributed by atoms with Crippen molar-refractivity contribution < 1.29 is 4.79 Å². The summed E-state index contributed by atoms with van der Waals surface area (Å²) in [6.07, 6.45) is 2.03. The first kappa shape index (κ1) is 17.0. The lowest BCUT2D eigenvalue weighted by Crippen LogP contribution is -2.19. The number of fused-ring (bicyclic) bond motifs is 1. The molecule has 0 fully saturated rings. The maximum absolute atomic E-state index is 12.2. The largest absolute Gasteiger partial charge is 0.349 e. The molecule has 0 aliphatic carbocycles. The molecule has 0 aliphatic rings. The zero-order valence-corrected chi connectivity index (χ0v) is 14.9. The van der Waals surface area contributed by atoms with E-state index in [2.05, 4.69) is 54.1 Å². The molecule has 3 aromatic rings. The van der Waals surface area contributed by atoms with Crippen LogP contribution in [0.2, 0.25) is 0 Å². The summed E-state index contributed by atoms with van der Waals surface area (Å²) in [5, 5.41) is 6.38. The van der Waals surface area contributed by atoms with E-state index in [1.165, 1.54) is 5.69 Å². The van der Waals surface area contributed by atoms with Crippen molar-refractivity contribution in [2.24, 2.45) is 5.10 Å². The van der Waals surface area contributed by atoms with Gasteiger partial charge in [0.25, 0.3) is 0 Å². The van der Waals surface area contributed by atoms with Gasteiger partial charge in [-0.05, 0) is 43.2 Å². The predicted molar refractivity (Wildman–Crippen MR) is 103 cm³/mol. The van der Waals surface area contributed by atoms with Gasteiger partial charge in [-0.25, -0.2) is 5.43 Å². The van der Waals surface area contributed by atoms with Gasteiger partial charge in [0, 0.05) is 23.5 Å². The van der Waals surface area contributed by atoms with Crippen LogP contribution < -0.4 is 5.43 Å². The van der Waals surface area contributed by atoms with Gasteiger partial charge in [0.1, 0.15) is 0 Å². The van der Waals surface area contributed by atoms with Crippen LogP contribution in [0.5, 0.6) is 0 Å². The zero-order valence-electron chi connectivity index (χ0n) is 14.9. The maximum atomic E-state index is 12.2. The van der Waals surface area contributed by atoms with Crippen molar-refractivity contribution in [3.63, 3.8) is 0 Å². The number of nitrogens with one attached hydrogen (secondary N) is 1. The Kier molecular flexibility index (Phi) is 4.98. The molecule has 0 spiro atoms. The number of benzene rings is 2. The Bertz CT molecular complexity index is 932. The van der Waals surface area contributed by atoms with E-state index in [0.717, 1.165) is 34.1 Å². The summed E-state index contributed by atoms with van der Waals surface area (Å²) in [5.41, 5.74) is 7.04. The quantitative estimate of drug-likeness (QED) is 0.557. The number of carbonyl (C=O) groups excluding carboxylic acids is 1. The van der Waals surface area contributed by atoms with Gasteiger partial charge in [-0.1, -0.05) is 42.5 Å². The summed E-state index contributed by atoms with van der Waals surface area (Å²) in [4.78, 5) is 12.2. The fourth-order valence-electron chi connectivity index (χ4n) is 3.28. The predicted octanol–water partition coefficient (Wildman–Crippen LogP) is 3.97. The van der Waals surface area contributed by atoms with Gasteiger partial charge >= 0.3 is 0 Å². The van der Waals surface area contributed by atoms with Gasteiger partial charge in [-0.3, -0.25) is 4.79 Å². The highest BCUT2D eigenvalue weighted by molar-refractivity contribution is 5.90. The van der Waals surface area contributed by atoms with E-state index < -0.39 is 0 Å². The second-order valence-electron chi connectivity index (χ2n) is 6.18. The van der Waals surface area contributed by atoms with E-state index in [-0.39, 0.29) is 5.91 Å². The van der Waals surface area contributed by atoms with Crippen LogP contribution in [0.25, 0.3) is 10.8 Å². The number of aromatic nitrogens is 1. The molecule has 0 saturated carbocycles. The highest BCUT2D eigenvalue weighted by atomic mass is 16.2. The number of hydrazone groups is 1. The number of hydrogen-bond donors (Lipinski definition) is 1. The summed E-state index contributed by atoms with van der Waals surface area (Å²) in [7, 11) is 0. The Balaban J connectivity index is 1.69. The number of rotatable bonds is 5. The second kappa shape index (κ2) is 7.34. The van der Waals surface area contributed by atoms with Crippen molar-refractivity contribution in [2.75, 3.05) is 0 Å². The molecule has 1 aromatic heterocycles. The van der Waals surface area contributed by atoms with Crippen molar-refractivity contribution >= 4 is 22.9 Å². The minimum Gasteiger partial charge on any atom is -0.349 e. The Morgan fingerprint density at radius 3 is 2.68 bits per heavy atom. The first-order valence-electron chi connectivity index (χ1n) is 8.55. The van der Waals surface area contributed by atoms with Crippen LogP contribution in [0.3, 0.4) is 0 Å². The fourth-order valence-corrected chi connectivity index (χ4v) is 3.28. The molecule has 0 atom stereocenters. The van der Waals surface area contributed by atoms with Crippen LogP contribution >= 0.6 is 0 Å². The summed E-state index contributed by atoms with van der Waals surface area (Å²) < 4.78 is 2.22. The Morgan fingerprint density at radius 2 is 1.92 bits per heavy atom. The van der Waals surface area contributed by atoms with Gasteiger partial charge in [0.05, 0.1) is 12.6 Å². The third kappa shape index (κ3) is 3.63. The lowest BCUT2D eigenvalue weighted by molar-refractivity contribution is -0.120. The lowest BCUT2D eigenvalue weighted by atomic mass is 10.0. The molecule has 1 N–H and O–H groups in total. The summed E-state index contributed by atoms with van der Waals surface area (Å²) in [5.74, 6) is -0.114. The van der Waals surface area contributed by atoms with Crippen LogP contribution in [-0.2, 0) is 17.8 Å². The molecule has 0 bridgehead atoms. The third-order valence-electron chi connectivity index (χ3n) is 4.55. The van der Waals surface area contributed by atoms with Gasteiger partial charge in [0.15, 0.2) is 0 Å². The van der Waals surface area contributed by atoms with Crippen molar-refractivity contribution in [3.8, 4) is 0 Å². The molecule has 0 aliphatic heterocycles. The maximum Gasteiger partial charge on any atom is 0.244 e. The summed E-state index contributed by atoms with van der Waals surface area (Å²) >= 11 is 0. The SMILES string of the molecule is CCn1c(C)cc(/C=N\NC(=O)Cc2cccc3ccccc23)c1C. The molecule has 3 rings (SSSR count). The van der Waals surface area contributed by atoms with Crippen molar-refractivity contribution in [1.29, 1.82) is 0 Å². The average Bonchev–Trinajstić information content (AvgIpc) is 2.88. The Hall–Kier alpha value is -2.88. The number of carbonyl (C=O) groups is 1. The zero-order chi connectivity index (χ0) is 17.8. The van der Waals surface area contributed by atoms with Gasteiger partial charge in [0.2, 0.25) is 5.91 Å². The minimum atomic E-state index is -0.114. The van der Waals surface area contributed by atoms with Gasteiger partial charge in [-0.2, -0.15) is 5.10 Å².